The average Bonchev–Trinajstić information content (AvgIpc) is 3.41. The maximum absolute atomic E-state index is 12.9. The van der Waals surface area contributed by atoms with E-state index in [1.807, 2.05) is 0 Å². The fraction of sp³-hybridized carbons (Fsp3) is 0.754. The first-order valence-corrected chi connectivity index (χ1v) is 32.1. The first kappa shape index (κ1) is 71.6. The zero-order chi connectivity index (χ0) is 54.3. The van der Waals surface area contributed by atoms with E-state index < -0.39 is 6.10 Å². The van der Waals surface area contributed by atoms with Crippen LogP contribution in [0.4, 0.5) is 0 Å². The molecule has 0 saturated heterocycles. The molecule has 1 atom stereocenters. The highest BCUT2D eigenvalue weighted by atomic mass is 16.6. The quantitative estimate of drug-likeness (QED) is 0.0261. The fourth-order valence-electron chi connectivity index (χ4n) is 8.98. The number of carbonyl (C=O) groups is 3. The molecular formula is C69H120O6. The number of hydrogen-bond donors (Lipinski definition) is 0. The minimum Gasteiger partial charge on any atom is -0.462 e. The molecular weight excluding hydrogens is 925 g/mol. The third-order valence-corrected chi connectivity index (χ3v) is 13.8. The summed E-state index contributed by atoms with van der Waals surface area (Å²) in [4.78, 5) is 38.3. The van der Waals surface area contributed by atoms with Crippen molar-refractivity contribution in [3.8, 4) is 0 Å². The maximum atomic E-state index is 12.9. The summed E-state index contributed by atoms with van der Waals surface area (Å²) in [6.45, 7) is 6.59. The van der Waals surface area contributed by atoms with Crippen molar-refractivity contribution in [3.05, 3.63) is 85.1 Å². The van der Waals surface area contributed by atoms with Gasteiger partial charge in [0.05, 0.1) is 0 Å². The third-order valence-electron chi connectivity index (χ3n) is 13.8. The Morgan fingerprint density at radius 2 is 0.480 bits per heavy atom. The molecule has 432 valence electrons. The van der Waals surface area contributed by atoms with Crippen molar-refractivity contribution >= 4 is 17.9 Å². The van der Waals surface area contributed by atoms with Crippen LogP contribution in [0, 0.1) is 0 Å². The molecule has 0 rings (SSSR count). The van der Waals surface area contributed by atoms with Crippen LogP contribution < -0.4 is 0 Å². The summed E-state index contributed by atoms with van der Waals surface area (Å²) in [5.41, 5.74) is 0. The van der Waals surface area contributed by atoms with Gasteiger partial charge in [-0.2, -0.15) is 0 Å². The Hall–Kier alpha value is -3.41. The Morgan fingerprint density at radius 1 is 0.267 bits per heavy atom. The summed E-state index contributed by atoms with van der Waals surface area (Å²) < 4.78 is 16.9. The highest BCUT2D eigenvalue weighted by Gasteiger charge is 2.19. The Balaban J connectivity index is 4.41. The van der Waals surface area contributed by atoms with E-state index in [-0.39, 0.29) is 31.1 Å². The summed E-state index contributed by atoms with van der Waals surface area (Å²) in [5.74, 6) is -0.899. The fourth-order valence-corrected chi connectivity index (χ4v) is 8.98. The topological polar surface area (TPSA) is 78.9 Å². The second kappa shape index (κ2) is 63.1. The Morgan fingerprint density at radius 3 is 0.773 bits per heavy atom. The number of carbonyl (C=O) groups excluding carboxylic acids is 3. The largest absolute Gasteiger partial charge is 0.462 e. The van der Waals surface area contributed by atoms with Crippen molar-refractivity contribution in [1.82, 2.24) is 0 Å². The number of allylic oxidation sites excluding steroid dienone is 14. The van der Waals surface area contributed by atoms with E-state index in [1.54, 1.807) is 0 Å². The van der Waals surface area contributed by atoms with Gasteiger partial charge in [0.2, 0.25) is 0 Å². The molecule has 0 aromatic heterocycles. The summed E-state index contributed by atoms with van der Waals surface area (Å²) in [7, 11) is 0. The van der Waals surface area contributed by atoms with Crippen molar-refractivity contribution in [1.29, 1.82) is 0 Å². The minimum absolute atomic E-state index is 0.0861. The average molecular weight is 1050 g/mol. The van der Waals surface area contributed by atoms with Crippen LogP contribution in [0.1, 0.15) is 316 Å². The van der Waals surface area contributed by atoms with Crippen molar-refractivity contribution in [2.24, 2.45) is 0 Å². The molecule has 0 saturated carbocycles. The number of ether oxygens (including phenoxy) is 3. The molecule has 0 aliphatic rings. The second-order valence-corrected chi connectivity index (χ2v) is 21.3. The highest BCUT2D eigenvalue weighted by molar-refractivity contribution is 5.71. The van der Waals surface area contributed by atoms with Crippen LogP contribution in [0.5, 0.6) is 0 Å². The van der Waals surface area contributed by atoms with Gasteiger partial charge in [0.1, 0.15) is 13.2 Å². The molecule has 6 nitrogen and oxygen atoms in total. The van der Waals surface area contributed by atoms with Gasteiger partial charge in [-0.3, -0.25) is 14.4 Å². The zero-order valence-corrected chi connectivity index (χ0v) is 49.6. The van der Waals surface area contributed by atoms with E-state index in [9.17, 15) is 14.4 Å². The first-order chi connectivity index (χ1) is 37.0. The Labute approximate surface area is 465 Å². The lowest BCUT2D eigenvalue weighted by atomic mass is 10.1. The van der Waals surface area contributed by atoms with E-state index in [0.29, 0.717) is 19.3 Å². The van der Waals surface area contributed by atoms with Gasteiger partial charge in [0.15, 0.2) is 6.10 Å². The first-order valence-electron chi connectivity index (χ1n) is 32.1. The zero-order valence-electron chi connectivity index (χ0n) is 49.6. The molecule has 0 aromatic rings. The number of esters is 3. The molecule has 0 radical (unpaired) electrons. The smallest absolute Gasteiger partial charge is 0.306 e. The molecule has 75 heavy (non-hydrogen) atoms. The van der Waals surface area contributed by atoms with E-state index in [0.717, 1.165) is 103 Å². The van der Waals surface area contributed by atoms with Gasteiger partial charge < -0.3 is 14.2 Å². The van der Waals surface area contributed by atoms with Crippen molar-refractivity contribution < 1.29 is 28.6 Å². The van der Waals surface area contributed by atoms with Crippen molar-refractivity contribution in [2.45, 2.75) is 322 Å². The van der Waals surface area contributed by atoms with Crippen LogP contribution in [0.15, 0.2) is 85.1 Å². The summed E-state index contributed by atoms with van der Waals surface area (Å²) in [5, 5.41) is 0. The molecule has 0 amide bonds. The van der Waals surface area contributed by atoms with E-state index in [4.69, 9.17) is 14.2 Å². The molecule has 0 fully saturated rings. The van der Waals surface area contributed by atoms with Crippen LogP contribution in [0.3, 0.4) is 0 Å². The number of rotatable bonds is 58. The summed E-state index contributed by atoms with van der Waals surface area (Å²) >= 11 is 0. The van der Waals surface area contributed by atoms with Gasteiger partial charge in [-0.05, 0) is 122 Å². The van der Waals surface area contributed by atoms with Gasteiger partial charge in [0.25, 0.3) is 0 Å². The molecule has 0 bridgehead atoms. The van der Waals surface area contributed by atoms with Gasteiger partial charge in [0, 0.05) is 19.3 Å². The molecule has 0 N–H and O–H groups in total. The van der Waals surface area contributed by atoms with Crippen LogP contribution in [0.25, 0.3) is 0 Å². The van der Waals surface area contributed by atoms with Gasteiger partial charge in [-0.15, -0.1) is 0 Å². The van der Waals surface area contributed by atoms with E-state index in [2.05, 4.69) is 106 Å². The molecule has 0 aliphatic carbocycles. The summed E-state index contributed by atoms with van der Waals surface area (Å²) in [6, 6.07) is 0. The predicted molar refractivity (Wildman–Crippen MR) is 325 cm³/mol. The SMILES string of the molecule is CCCCC/C=C\C/C=C\C/C=C\CCCCCCCCC(=O)OC(COC(=O)CCCCCCCCC/C=C\C/C=C\CCCCC)COC(=O)CCCCCCCCCCC/C=C\C/C=C\CCCCCCC. The van der Waals surface area contributed by atoms with Crippen LogP contribution in [0.2, 0.25) is 0 Å². The van der Waals surface area contributed by atoms with Gasteiger partial charge in [-0.25, -0.2) is 0 Å². The van der Waals surface area contributed by atoms with Crippen molar-refractivity contribution in [2.75, 3.05) is 13.2 Å². The lowest BCUT2D eigenvalue weighted by Crippen LogP contribution is -2.30. The van der Waals surface area contributed by atoms with Crippen LogP contribution in [-0.4, -0.2) is 37.2 Å². The lowest BCUT2D eigenvalue weighted by molar-refractivity contribution is -0.167. The normalized spacial score (nSPS) is 12.6. The van der Waals surface area contributed by atoms with Crippen LogP contribution in [-0.2, 0) is 28.6 Å². The minimum atomic E-state index is -0.791. The number of hydrogen-bond acceptors (Lipinski definition) is 6. The monoisotopic (exact) mass is 1040 g/mol. The lowest BCUT2D eigenvalue weighted by Gasteiger charge is -2.18. The molecule has 6 heteroatoms. The standard InChI is InChI=1S/C69H120O6/c1-4-7-10-13-16-19-22-25-28-31-33-34-36-38-41-44-47-50-53-56-59-62-68(71)74-65-66(64-73-67(70)61-58-55-52-49-46-43-40-37-30-27-24-21-18-15-12-9-6-3)75-69(72)63-60-57-54-51-48-45-42-39-35-32-29-26-23-20-17-14-11-8-5-2/h17-18,20-22,25-27,29-31,33,35,39,66H,4-16,19,23-24,28,32,34,36-38,40-65H2,1-3H3/b20-17-,21-18-,25-22-,29-26-,30-27-,33-31-,39-35-. The molecule has 0 aliphatic heterocycles. The molecule has 0 heterocycles. The van der Waals surface area contributed by atoms with Gasteiger partial charge in [-0.1, -0.05) is 260 Å². The summed E-state index contributed by atoms with van der Waals surface area (Å²) in [6.07, 6.45) is 82.9. The van der Waals surface area contributed by atoms with Crippen molar-refractivity contribution in [3.63, 3.8) is 0 Å². The third kappa shape index (κ3) is 61.3. The second-order valence-electron chi connectivity index (χ2n) is 21.3. The molecule has 0 aromatic carbocycles. The predicted octanol–water partition coefficient (Wildman–Crippen LogP) is 21.9. The Kier molecular flexibility index (Phi) is 60.3. The Bertz CT molecular complexity index is 1430. The van der Waals surface area contributed by atoms with E-state index in [1.165, 1.54) is 173 Å². The highest BCUT2D eigenvalue weighted by Crippen LogP contribution is 2.16. The van der Waals surface area contributed by atoms with Gasteiger partial charge >= 0.3 is 17.9 Å². The van der Waals surface area contributed by atoms with E-state index >= 15 is 0 Å². The molecule has 1 unspecified atom stereocenters. The number of unbranched alkanes of at least 4 members (excludes halogenated alkanes) is 33. The van der Waals surface area contributed by atoms with Crippen LogP contribution >= 0.6 is 0 Å². The molecule has 0 spiro atoms. The maximum Gasteiger partial charge on any atom is 0.306 e.